The van der Waals surface area contributed by atoms with Gasteiger partial charge in [-0.15, -0.1) is 0 Å². The Labute approximate surface area is 90.5 Å². The molecule has 0 aromatic heterocycles. The lowest BCUT2D eigenvalue weighted by Gasteiger charge is -2.20. The topological polar surface area (TPSA) is 58.6 Å². The maximum atomic E-state index is 11.8. The van der Waals surface area contributed by atoms with Gasteiger partial charge in [-0.2, -0.15) is 13.2 Å². The first-order valence-electron chi connectivity index (χ1n) is 4.46. The first-order valence-corrected chi connectivity index (χ1v) is 4.46. The van der Waals surface area contributed by atoms with Crippen LogP contribution in [-0.4, -0.2) is 49.8 Å². The second kappa shape index (κ2) is 6.19. The lowest BCUT2D eigenvalue weighted by atomic mass is 10.5. The number of nitrogens with zero attached hydrogens (tertiary/aromatic N) is 1. The van der Waals surface area contributed by atoms with Crippen molar-refractivity contribution in [1.82, 2.24) is 10.2 Å². The number of amides is 2. The molecule has 0 aliphatic carbocycles. The third kappa shape index (κ3) is 6.10. The maximum absolute atomic E-state index is 11.8. The smallest absolute Gasteiger partial charge is 0.405 e. The van der Waals surface area contributed by atoms with E-state index in [-0.39, 0.29) is 13.1 Å². The Hall–Kier alpha value is -1.47. The van der Waals surface area contributed by atoms with E-state index < -0.39 is 24.7 Å². The van der Waals surface area contributed by atoms with Crippen LogP contribution in [-0.2, 0) is 9.53 Å². The molecule has 0 saturated carbocycles. The molecule has 0 aromatic carbocycles. The Morgan fingerprint density at radius 3 is 2.31 bits per heavy atom. The predicted octanol–water partition coefficient (Wildman–Crippen LogP) is 0.753. The number of likely N-dealkylation sites (N-methyl/N-ethyl adjacent to an activating group) is 1. The molecule has 94 valence electrons. The molecule has 0 atom stereocenters. The lowest BCUT2D eigenvalue weighted by Crippen LogP contribution is -2.45. The second-order valence-corrected chi connectivity index (χ2v) is 2.86. The van der Waals surface area contributed by atoms with Crippen LogP contribution < -0.4 is 5.32 Å². The summed E-state index contributed by atoms with van der Waals surface area (Å²) in [6, 6.07) is -0.953. The van der Waals surface area contributed by atoms with Gasteiger partial charge in [-0.25, -0.2) is 4.79 Å². The van der Waals surface area contributed by atoms with Crippen molar-refractivity contribution in [3.05, 3.63) is 0 Å². The van der Waals surface area contributed by atoms with Crippen molar-refractivity contribution < 1.29 is 27.5 Å². The van der Waals surface area contributed by atoms with Crippen LogP contribution in [0.4, 0.5) is 18.0 Å². The number of nitrogens with one attached hydrogen (secondary N) is 1. The van der Waals surface area contributed by atoms with E-state index in [0.717, 1.165) is 12.0 Å². The van der Waals surface area contributed by atoms with Gasteiger partial charge in [0, 0.05) is 6.54 Å². The van der Waals surface area contributed by atoms with E-state index >= 15 is 0 Å². The fraction of sp³-hybridized carbons (Fsp3) is 0.750. The van der Waals surface area contributed by atoms with E-state index in [1.165, 1.54) is 6.92 Å². The molecule has 0 rings (SSSR count). The fourth-order valence-electron chi connectivity index (χ4n) is 0.835. The van der Waals surface area contributed by atoms with Crippen molar-refractivity contribution in [2.75, 3.05) is 26.7 Å². The molecule has 0 bridgehead atoms. The Morgan fingerprint density at radius 2 is 1.94 bits per heavy atom. The zero-order chi connectivity index (χ0) is 12.8. The summed E-state index contributed by atoms with van der Waals surface area (Å²) in [5.41, 5.74) is 0. The van der Waals surface area contributed by atoms with Gasteiger partial charge in [-0.3, -0.25) is 4.79 Å². The van der Waals surface area contributed by atoms with E-state index in [1.807, 2.05) is 0 Å². The van der Waals surface area contributed by atoms with Crippen molar-refractivity contribution in [2.45, 2.75) is 13.1 Å². The summed E-state index contributed by atoms with van der Waals surface area (Å²) >= 11 is 0. The number of carbonyl (C=O) groups excluding carboxylic acids is 2. The molecule has 0 spiro atoms. The molecule has 8 heteroatoms. The summed E-state index contributed by atoms with van der Waals surface area (Å²) in [7, 11) is 1.13. The summed E-state index contributed by atoms with van der Waals surface area (Å²) in [5, 5.41) is 1.66. The molecule has 1 N–H and O–H groups in total. The van der Waals surface area contributed by atoms with Crippen LogP contribution in [0.1, 0.15) is 6.92 Å². The maximum Gasteiger partial charge on any atom is 0.405 e. The summed E-state index contributed by atoms with van der Waals surface area (Å²) in [4.78, 5) is 22.9. The van der Waals surface area contributed by atoms with E-state index in [4.69, 9.17) is 0 Å². The highest BCUT2D eigenvalue weighted by atomic mass is 19.4. The highest BCUT2D eigenvalue weighted by molar-refractivity contribution is 5.80. The average molecular weight is 242 g/mol. The first-order chi connectivity index (χ1) is 7.30. The molecule has 16 heavy (non-hydrogen) atoms. The molecule has 0 fully saturated rings. The highest BCUT2D eigenvalue weighted by Crippen LogP contribution is 2.12. The van der Waals surface area contributed by atoms with Gasteiger partial charge < -0.3 is 15.0 Å². The fourth-order valence-corrected chi connectivity index (χ4v) is 0.835. The van der Waals surface area contributed by atoms with Gasteiger partial charge in [-0.1, -0.05) is 0 Å². The summed E-state index contributed by atoms with van der Waals surface area (Å²) in [5.74, 6) is -0.691. The van der Waals surface area contributed by atoms with Gasteiger partial charge in [0.1, 0.15) is 13.1 Å². The molecular formula is C8H13F3N2O3. The normalized spacial score (nSPS) is 10.8. The van der Waals surface area contributed by atoms with Crippen molar-refractivity contribution >= 4 is 12.0 Å². The van der Waals surface area contributed by atoms with Crippen LogP contribution in [0, 0.1) is 0 Å². The number of hydrogen-bond acceptors (Lipinski definition) is 3. The van der Waals surface area contributed by atoms with Gasteiger partial charge in [0.2, 0.25) is 0 Å². The van der Waals surface area contributed by atoms with Crippen LogP contribution in [0.2, 0.25) is 0 Å². The van der Waals surface area contributed by atoms with Crippen molar-refractivity contribution in [3.63, 3.8) is 0 Å². The molecule has 5 nitrogen and oxygen atoms in total. The number of ether oxygens (including phenoxy) is 1. The number of halogens is 3. The average Bonchev–Trinajstić information content (AvgIpc) is 2.21. The lowest BCUT2D eigenvalue weighted by molar-refractivity contribution is -0.141. The number of esters is 1. The zero-order valence-corrected chi connectivity index (χ0v) is 8.93. The van der Waals surface area contributed by atoms with Crippen molar-refractivity contribution in [2.24, 2.45) is 0 Å². The Balaban J connectivity index is 4.16. The van der Waals surface area contributed by atoms with Crippen LogP contribution >= 0.6 is 0 Å². The number of methoxy groups -OCH3 is 1. The van der Waals surface area contributed by atoms with Gasteiger partial charge in [0.25, 0.3) is 0 Å². The van der Waals surface area contributed by atoms with Crippen LogP contribution in [0.25, 0.3) is 0 Å². The minimum Gasteiger partial charge on any atom is -0.468 e. The molecule has 0 saturated heterocycles. The monoisotopic (exact) mass is 242 g/mol. The van der Waals surface area contributed by atoms with Crippen LogP contribution in [0.3, 0.4) is 0 Å². The van der Waals surface area contributed by atoms with Gasteiger partial charge in [-0.05, 0) is 6.92 Å². The summed E-state index contributed by atoms with van der Waals surface area (Å²) < 4.78 is 39.7. The number of alkyl halides is 3. The number of hydrogen-bond donors (Lipinski definition) is 1. The molecule has 2 amide bonds. The Bertz CT molecular complexity index is 255. The number of urea groups is 1. The van der Waals surface area contributed by atoms with Crippen molar-refractivity contribution in [1.29, 1.82) is 0 Å². The third-order valence-electron chi connectivity index (χ3n) is 1.66. The molecule has 0 aromatic rings. The minimum atomic E-state index is -4.47. The first kappa shape index (κ1) is 14.5. The van der Waals surface area contributed by atoms with Crippen LogP contribution in [0.15, 0.2) is 0 Å². The van der Waals surface area contributed by atoms with E-state index in [1.54, 1.807) is 5.32 Å². The third-order valence-corrected chi connectivity index (χ3v) is 1.66. The second-order valence-electron chi connectivity index (χ2n) is 2.86. The standard InChI is InChI=1S/C8H13F3N2O3/c1-3-13(4-6(14)16-2)7(15)12-5-8(9,10)11/h3-5H2,1-2H3,(H,12,15). The quantitative estimate of drug-likeness (QED) is 0.740. The number of carbonyl (C=O) groups is 2. The molecular weight excluding hydrogens is 229 g/mol. The number of rotatable bonds is 4. The molecule has 0 heterocycles. The Kier molecular flexibility index (Phi) is 5.62. The highest BCUT2D eigenvalue weighted by Gasteiger charge is 2.28. The van der Waals surface area contributed by atoms with Gasteiger partial charge in [0.15, 0.2) is 0 Å². The molecule has 0 radical (unpaired) electrons. The summed E-state index contributed by atoms with van der Waals surface area (Å²) in [6.07, 6.45) is -4.47. The van der Waals surface area contributed by atoms with Gasteiger partial charge in [0.05, 0.1) is 7.11 Å². The van der Waals surface area contributed by atoms with E-state index in [9.17, 15) is 22.8 Å². The molecule has 0 aliphatic rings. The van der Waals surface area contributed by atoms with E-state index in [0.29, 0.717) is 0 Å². The van der Waals surface area contributed by atoms with Crippen LogP contribution in [0.5, 0.6) is 0 Å². The zero-order valence-electron chi connectivity index (χ0n) is 8.93. The predicted molar refractivity (Wildman–Crippen MR) is 48.7 cm³/mol. The largest absolute Gasteiger partial charge is 0.468 e. The minimum absolute atomic E-state index is 0.110. The van der Waals surface area contributed by atoms with Gasteiger partial charge >= 0.3 is 18.2 Å². The van der Waals surface area contributed by atoms with E-state index in [2.05, 4.69) is 4.74 Å². The SMILES string of the molecule is CCN(CC(=O)OC)C(=O)NCC(F)(F)F. The summed E-state index contributed by atoms with van der Waals surface area (Å²) in [6.45, 7) is -0.158. The Morgan fingerprint density at radius 1 is 1.38 bits per heavy atom. The van der Waals surface area contributed by atoms with Crippen molar-refractivity contribution in [3.8, 4) is 0 Å². The molecule has 0 aliphatic heterocycles. The molecule has 0 unspecified atom stereocenters.